The molecular formula is C14H23N3O3S. The molecule has 0 bridgehead atoms. The zero-order valence-electron chi connectivity index (χ0n) is 12.1. The van der Waals surface area contributed by atoms with Crippen LogP contribution < -0.4 is 15.2 Å². The van der Waals surface area contributed by atoms with E-state index in [9.17, 15) is 8.42 Å². The van der Waals surface area contributed by atoms with Gasteiger partial charge in [-0.3, -0.25) is 0 Å². The molecule has 1 aliphatic heterocycles. The summed E-state index contributed by atoms with van der Waals surface area (Å²) in [5.74, 6) is 0.575. The van der Waals surface area contributed by atoms with Gasteiger partial charge in [0.25, 0.3) is 10.2 Å². The summed E-state index contributed by atoms with van der Waals surface area (Å²) in [6.45, 7) is 1.68. The summed E-state index contributed by atoms with van der Waals surface area (Å²) in [4.78, 5) is 0. The summed E-state index contributed by atoms with van der Waals surface area (Å²) in [5, 5.41) is 0. The summed E-state index contributed by atoms with van der Waals surface area (Å²) >= 11 is 0. The SMILES string of the molecule is Nc1ccccc1OCCNS(=O)(=O)N1CCCCCC1. The molecule has 1 fully saturated rings. The van der Waals surface area contributed by atoms with Gasteiger partial charge in [-0.25, -0.2) is 0 Å². The molecule has 0 atom stereocenters. The number of ether oxygens (including phenoxy) is 1. The Bertz CT molecular complexity index is 540. The first-order valence-corrected chi connectivity index (χ1v) is 8.75. The number of nitrogen functional groups attached to an aromatic ring is 1. The van der Waals surface area contributed by atoms with Crippen LogP contribution in [0.1, 0.15) is 25.7 Å². The third-order valence-electron chi connectivity index (χ3n) is 3.47. The van der Waals surface area contributed by atoms with E-state index in [4.69, 9.17) is 10.5 Å². The number of benzene rings is 1. The van der Waals surface area contributed by atoms with E-state index >= 15 is 0 Å². The maximum atomic E-state index is 12.2. The second-order valence-electron chi connectivity index (χ2n) is 5.10. The first-order chi connectivity index (χ1) is 10.1. The molecule has 7 heteroatoms. The van der Waals surface area contributed by atoms with Crippen LogP contribution in [0.3, 0.4) is 0 Å². The zero-order valence-corrected chi connectivity index (χ0v) is 12.9. The molecule has 0 spiro atoms. The summed E-state index contributed by atoms with van der Waals surface area (Å²) in [6.07, 6.45) is 4.06. The largest absolute Gasteiger partial charge is 0.490 e. The second kappa shape index (κ2) is 7.63. The lowest BCUT2D eigenvalue weighted by Crippen LogP contribution is -2.42. The molecule has 1 aromatic carbocycles. The molecule has 3 N–H and O–H groups in total. The minimum Gasteiger partial charge on any atom is -0.490 e. The van der Waals surface area contributed by atoms with Crippen LogP contribution in [0, 0.1) is 0 Å². The van der Waals surface area contributed by atoms with Crippen LogP contribution in [0.4, 0.5) is 5.69 Å². The minimum absolute atomic E-state index is 0.229. The number of anilines is 1. The van der Waals surface area contributed by atoms with Gasteiger partial charge < -0.3 is 10.5 Å². The maximum absolute atomic E-state index is 12.2. The number of hydrogen-bond acceptors (Lipinski definition) is 4. The highest BCUT2D eigenvalue weighted by Gasteiger charge is 2.22. The fourth-order valence-corrected chi connectivity index (χ4v) is 3.58. The van der Waals surface area contributed by atoms with Gasteiger partial charge in [0.1, 0.15) is 12.4 Å². The Labute approximate surface area is 126 Å². The molecule has 0 saturated carbocycles. The average Bonchev–Trinajstić information content (AvgIpc) is 2.75. The molecule has 0 unspecified atom stereocenters. The second-order valence-corrected chi connectivity index (χ2v) is 6.85. The lowest BCUT2D eigenvalue weighted by molar-refractivity contribution is 0.321. The topological polar surface area (TPSA) is 84.7 Å². The normalized spacial score (nSPS) is 17.3. The lowest BCUT2D eigenvalue weighted by atomic mass is 10.2. The highest BCUT2D eigenvalue weighted by atomic mass is 32.2. The number of nitrogens with two attached hydrogens (primary N) is 1. The van der Waals surface area contributed by atoms with Crippen molar-refractivity contribution >= 4 is 15.9 Å². The minimum atomic E-state index is -3.40. The molecule has 21 heavy (non-hydrogen) atoms. The molecule has 0 radical (unpaired) electrons. The van der Waals surface area contributed by atoms with Gasteiger partial charge in [-0.05, 0) is 25.0 Å². The van der Waals surface area contributed by atoms with E-state index in [1.807, 2.05) is 12.1 Å². The van der Waals surface area contributed by atoms with E-state index < -0.39 is 10.2 Å². The summed E-state index contributed by atoms with van der Waals surface area (Å²) in [7, 11) is -3.40. The van der Waals surface area contributed by atoms with Crippen LogP contribution >= 0.6 is 0 Å². The molecule has 1 aromatic rings. The Kier molecular flexibility index (Phi) is 5.84. The first kappa shape index (κ1) is 16.1. The van der Waals surface area contributed by atoms with Gasteiger partial charge in [-0.2, -0.15) is 17.4 Å². The van der Waals surface area contributed by atoms with E-state index in [1.165, 1.54) is 4.31 Å². The fraction of sp³-hybridized carbons (Fsp3) is 0.571. The van der Waals surface area contributed by atoms with Gasteiger partial charge in [-0.1, -0.05) is 25.0 Å². The van der Waals surface area contributed by atoms with E-state index in [1.54, 1.807) is 12.1 Å². The molecule has 1 aliphatic rings. The van der Waals surface area contributed by atoms with Gasteiger partial charge in [-0.15, -0.1) is 0 Å². The monoisotopic (exact) mass is 313 g/mol. The Hall–Kier alpha value is -1.31. The number of para-hydroxylation sites is 2. The van der Waals surface area contributed by atoms with Crippen LogP contribution in [-0.2, 0) is 10.2 Å². The van der Waals surface area contributed by atoms with E-state index in [0.717, 1.165) is 25.7 Å². The van der Waals surface area contributed by atoms with Crippen molar-refractivity contribution in [3.05, 3.63) is 24.3 Å². The number of nitrogens with one attached hydrogen (secondary N) is 1. The standard InChI is InChI=1S/C14H23N3O3S/c15-13-7-3-4-8-14(13)20-12-9-16-21(18,19)17-10-5-1-2-6-11-17/h3-4,7-8,16H,1-2,5-6,9-12,15H2. The quantitative estimate of drug-likeness (QED) is 0.613. The van der Waals surface area contributed by atoms with Gasteiger partial charge in [0.15, 0.2) is 0 Å². The predicted molar refractivity (Wildman–Crippen MR) is 83.3 cm³/mol. The van der Waals surface area contributed by atoms with Crippen molar-refractivity contribution < 1.29 is 13.2 Å². The van der Waals surface area contributed by atoms with Crippen molar-refractivity contribution in [3.8, 4) is 5.75 Å². The molecule has 2 rings (SSSR count). The van der Waals surface area contributed by atoms with Gasteiger partial charge in [0, 0.05) is 19.6 Å². The Morgan fingerprint density at radius 2 is 1.81 bits per heavy atom. The van der Waals surface area contributed by atoms with E-state index in [2.05, 4.69) is 4.72 Å². The highest BCUT2D eigenvalue weighted by molar-refractivity contribution is 7.87. The van der Waals surface area contributed by atoms with Crippen LogP contribution in [0.15, 0.2) is 24.3 Å². The lowest BCUT2D eigenvalue weighted by Gasteiger charge is -2.20. The third-order valence-corrected chi connectivity index (χ3v) is 5.08. The Morgan fingerprint density at radius 1 is 1.14 bits per heavy atom. The molecule has 6 nitrogen and oxygen atoms in total. The van der Waals surface area contributed by atoms with Crippen LogP contribution in [0.2, 0.25) is 0 Å². The molecule has 1 saturated heterocycles. The number of rotatable bonds is 6. The number of nitrogens with zero attached hydrogens (tertiary/aromatic N) is 1. The molecule has 0 aliphatic carbocycles. The summed E-state index contributed by atoms with van der Waals surface area (Å²) < 4.78 is 33.9. The smallest absolute Gasteiger partial charge is 0.279 e. The Morgan fingerprint density at radius 3 is 2.48 bits per heavy atom. The van der Waals surface area contributed by atoms with Crippen molar-refractivity contribution in [2.45, 2.75) is 25.7 Å². The van der Waals surface area contributed by atoms with Crippen molar-refractivity contribution in [3.63, 3.8) is 0 Å². The van der Waals surface area contributed by atoms with E-state index in [-0.39, 0.29) is 13.2 Å². The molecule has 118 valence electrons. The zero-order chi connectivity index (χ0) is 15.1. The van der Waals surface area contributed by atoms with Gasteiger partial charge >= 0.3 is 0 Å². The maximum Gasteiger partial charge on any atom is 0.279 e. The first-order valence-electron chi connectivity index (χ1n) is 7.31. The van der Waals surface area contributed by atoms with Crippen molar-refractivity contribution in [2.75, 3.05) is 32.0 Å². The van der Waals surface area contributed by atoms with E-state index in [0.29, 0.717) is 24.5 Å². The van der Waals surface area contributed by atoms with Crippen molar-refractivity contribution in [2.24, 2.45) is 0 Å². The summed E-state index contributed by atoms with van der Waals surface area (Å²) in [5.41, 5.74) is 6.30. The van der Waals surface area contributed by atoms with Crippen molar-refractivity contribution in [1.82, 2.24) is 9.03 Å². The van der Waals surface area contributed by atoms with Crippen LogP contribution in [-0.4, -0.2) is 39.0 Å². The van der Waals surface area contributed by atoms with Crippen LogP contribution in [0.5, 0.6) is 5.75 Å². The van der Waals surface area contributed by atoms with Crippen LogP contribution in [0.25, 0.3) is 0 Å². The van der Waals surface area contributed by atoms with Gasteiger partial charge in [0.05, 0.1) is 5.69 Å². The van der Waals surface area contributed by atoms with Crippen molar-refractivity contribution in [1.29, 1.82) is 0 Å². The third kappa shape index (κ3) is 4.87. The fourth-order valence-electron chi connectivity index (χ4n) is 2.32. The predicted octanol–water partition coefficient (Wildman–Crippen LogP) is 1.36. The van der Waals surface area contributed by atoms with Gasteiger partial charge in [0.2, 0.25) is 0 Å². The molecular weight excluding hydrogens is 290 g/mol. The molecule has 0 amide bonds. The molecule has 1 heterocycles. The highest BCUT2D eigenvalue weighted by Crippen LogP contribution is 2.19. The average molecular weight is 313 g/mol. The summed E-state index contributed by atoms with van der Waals surface area (Å²) in [6, 6.07) is 7.16. The number of hydrogen-bond donors (Lipinski definition) is 2. The molecule has 0 aromatic heterocycles. The Balaban J connectivity index is 1.78.